The summed E-state index contributed by atoms with van der Waals surface area (Å²) in [7, 11) is 0. The molecule has 1 N–H and O–H groups in total. The zero-order valence-electron chi connectivity index (χ0n) is 10.8. The molecule has 0 fully saturated rings. The van der Waals surface area contributed by atoms with Gasteiger partial charge in [0, 0.05) is 16.9 Å². The molecular weight excluding hydrogens is 334 g/mol. The second kappa shape index (κ2) is 5.49. The minimum atomic E-state index is -1.03. The maximum absolute atomic E-state index is 11.4. The molecular formula is C15H10BrN3O2. The lowest BCUT2D eigenvalue weighted by atomic mass is 10.2. The molecule has 1 aromatic carbocycles. The summed E-state index contributed by atoms with van der Waals surface area (Å²) in [6, 6.07) is 12.8. The predicted molar refractivity (Wildman–Crippen MR) is 81.5 cm³/mol. The Morgan fingerprint density at radius 1 is 1.14 bits per heavy atom. The molecule has 104 valence electrons. The van der Waals surface area contributed by atoms with Crippen molar-refractivity contribution in [3.05, 3.63) is 64.9 Å². The smallest absolute Gasteiger partial charge is 0.339 e. The van der Waals surface area contributed by atoms with Gasteiger partial charge in [0.1, 0.15) is 11.3 Å². The SMILES string of the molecule is O=C(O)c1cn(-c2ccccc2Br)nc1-c1ccccn1. The van der Waals surface area contributed by atoms with E-state index < -0.39 is 5.97 Å². The highest BCUT2D eigenvalue weighted by molar-refractivity contribution is 9.10. The topological polar surface area (TPSA) is 68.0 Å². The van der Waals surface area contributed by atoms with Gasteiger partial charge in [-0.15, -0.1) is 0 Å². The minimum absolute atomic E-state index is 0.115. The maximum atomic E-state index is 11.4. The number of hydrogen-bond acceptors (Lipinski definition) is 3. The summed E-state index contributed by atoms with van der Waals surface area (Å²) >= 11 is 3.44. The lowest BCUT2D eigenvalue weighted by molar-refractivity contribution is 0.0697. The van der Waals surface area contributed by atoms with Gasteiger partial charge in [-0.1, -0.05) is 18.2 Å². The van der Waals surface area contributed by atoms with Crippen LogP contribution in [0.1, 0.15) is 10.4 Å². The molecule has 0 atom stereocenters. The summed E-state index contributed by atoms with van der Waals surface area (Å²) in [5.74, 6) is -1.03. The molecule has 3 rings (SSSR count). The van der Waals surface area contributed by atoms with Gasteiger partial charge in [0.2, 0.25) is 0 Å². The fraction of sp³-hybridized carbons (Fsp3) is 0. The lowest BCUT2D eigenvalue weighted by Crippen LogP contribution is -1.97. The van der Waals surface area contributed by atoms with E-state index in [0.29, 0.717) is 11.4 Å². The van der Waals surface area contributed by atoms with E-state index in [-0.39, 0.29) is 5.56 Å². The second-order valence-electron chi connectivity index (χ2n) is 4.31. The monoisotopic (exact) mass is 343 g/mol. The van der Waals surface area contributed by atoms with Crippen molar-refractivity contribution in [2.24, 2.45) is 0 Å². The number of carbonyl (C=O) groups is 1. The predicted octanol–water partition coefficient (Wildman–Crippen LogP) is 3.40. The number of carboxylic acid groups (broad SMARTS) is 1. The Labute approximate surface area is 129 Å². The van der Waals surface area contributed by atoms with Gasteiger partial charge in [-0.25, -0.2) is 9.48 Å². The van der Waals surface area contributed by atoms with Gasteiger partial charge in [-0.2, -0.15) is 5.10 Å². The molecule has 0 saturated heterocycles. The van der Waals surface area contributed by atoms with Crippen molar-refractivity contribution in [2.75, 3.05) is 0 Å². The van der Waals surface area contributed by atoms with Gasteiger partial charge in [0.05, 0.1) is 11.4 Å². The van der Waals surface area contributed by atoms with Crippen molar-refractivity contribution in [3.63, 3.8) is 0 Å². The molecule has 0 saturated carbocycles. The van der Waals surface area contributed by atoms with E-state index >= 15 is 0 Å². The van der Waals surface area contributed by atoms with E-state index in [2.05, 4.69) is 26.0 Å². The standard InChI is InChI=1S/C15H10BrN3O2/c16-11-5-1-2-7-13(11)19-9-10(15(20)21)14(18-19)12-6-3-4-8-17-12/h1-9H,(H,20,21). The van der Waals surface area contributed by atoms with Crippen LogP contribution in [-0.4, -0.2) is 25.8 Å². The normalized spacial score (nSPS) is 10.5. The highest BCUT2D eigenvalue weighted by Gasteiger charge is 2.19. The van der Waals surface area contributed by atoms with Crippen LogP contribution in [0, 0.1) is 0 Å². The highest BCUT2D eigenvalue weighted by Crippen LogP contribution is 2.25. The van der Waals surface area contributed by atoms with Crippen molar-refractivity contribution in [3.8, 4) is 17.1 Å². The molecule has 0 spiro atoms. The van der Waals surface area contributed by atoms with E-state index in [4.69, 9.17) is 0 Å². The maximum Gasteiger partial charge on any atom is 0.339 e. The summed E-state index contributed by atoms with van der Waals surface area (Å²) in [4.78, 5) is 15.6. The molecule has 0 radical (unpaired) electrons. The second-order valence-corrected chi connectivity index (χ2v) is 5.16. The number of carboxylic acids is 1. The number of para-hydroxylation sites is 1. The van der Waals surface area contributed by atoms with Crippen LogP contribution in [0.25, 0.3) is 17.1 Å². The fourth-order valence-electron chi connectivity index (χ4n) is 1.98. The lowest BCUT2D eigenvalue weighted by Gasteiger charge is -2.03. The molecule has 0 unspecified atom stereocenters. The van der Waals surface area contributed by atoms with Gasteiger partial charge >= 0.3 is 5.97 Å². The first kappa shape index (κ1) is 13.5. The third-order valence-electron chi connectivity index (χ3n) is 2.95. The van der Waals surface area contributed by atoms with E-state index in [1.165, 1.54) is 10.9 Å². The minimum Gasteiger partial charge on any atom is -0.478 e. The van der Waals surface area contributed by atoms with E-state index in [1.54, 1.807) is 24.4 Å². The quantitative estimate of drug-likeness (QED) is 0.791. The molecule has 21 heavy (non-hydrogen) atoms. The van der Waals surface area contributed by atoms with Gasteiger partial charge in [-0.3, -0.25) is 4.98 Å². The Morgan fingerprint density at radius 3 is 2.57 bits per heavy atom. The Kier molecular flexibility index (Phi) is 3.53. The summed E-state index contributed by atoms with van der Waals surface area (Å²) in [5.41, 5.74) is 1.76. The van der Waals surface area contributed by atoms with Crippen molar-refractivity contribution in [1.29, 1.82) is 0 Å². The van der Waals surface area contributed by atoms with E-state index in [9.17, 15) is 9.90 Å². The molecule has 0 amide bonds. The van der Waals surface area contributed by atoms with Crippen molar-refractivity contribution in [1.82, 2.24) is 14.8 Å². The molecule has 2 heterocycles. The van der Waals surface area contributed by atoms with E-state index in [1.807, 2.05) is 24.3 Å². The number of pyridine rings is 1. The first-order valence-corrected chi connectivity index (χ1v) is 6.95. The molecule has 0 bridgehead atoms. The Morgan fingerprint density at radius 2 is 1.90 bits per heavy atom. The van der Waals surface area contributed by atoms with Crippen LogP contribution >= 0.6 is 15.9 Å². The average molecular weight is 344 g/mol. The highest BCUT2D eigenvalue weighted by atomic mass is 79.9. The molecule has 2 aromatic heterocycles. The van der Waals surface area contributed by atoms with Crippen LogP contribution in [0.2, 0.25) is 0 Å². The zero-order valence-corrected chi connectivity index (χ0v) is 12.4. The average Bonchev–Trinajstić information content (AvgIpc) is 2.94. The summed E-state index contributed by atoms with van der Waals surface area (Å²) in [6.07, 6.45) is 3.10. The van der Waals surface area contributed by atoms with Crippen molar-refractivity contribution in [2.45, 2.75) is 0 Å². The fourth-order valence-corrected chi connectivity index (χ4v) is 2.45. The molecule has 0 aliphatic heterocycles. The zero-order chi connectivity index (χ0) is 14.8. The van der Waals surface area contributed by atoms with Gasteiger partial charge in [0.15, 0.2) is 0 Å². The van der Waals surface area contributed by atoms with Crippen LogP contribution < -0.4 is 0 Å². The Hall–Kier alpha value is -2.47. The van der Waals surface area contributed by atoms with Crippen LogP contribution in [0.15, 0.2) is 59.3 Å². The number of aromatic carboxylic acids is 1. The number of halogens is 1. The Balaban J connectivity index is 2.18. The molecule has 0 aliphatic carbocycles. The molecule has 6 heteroatoms. The van der Waals surface area contributed by atoms with Gasteiger partial charge in [0.25, 0.3) is 0 Å². The molecule has 3 aromatic rings. The van der Waals surface area contributed by atoms with Crippen LogP contribution in [0.5, 0.6) is 0 Å². The van der Waals surface area contributed by atoms with Crippen LogP contribution in [0.3, 0.4) is 0 Å². The van der Waals surface area contributed by atoms with Crippen LogP contribution in [-0.2, 0) is 0 Å². The summed E-state index contributed by atoms with van der Waals surface area (Å²) in [6.45, 7) is 0. The number of rotatable bonds is 3. The van der Waals surface area contributed by atoms with Crippen molar-refractivity contribution >= 4 is 21.9 Å². The largest absolute Gasteiger partial charge is 0.478 e. The van der Waals surface area contributed by atoms with E-state index in [0.717, 1.165) is 10.2 Å². The summed E-state index contributed by atoms with van der Waals surface area (Å²) < 4.78 is 2.37. The third kappa shape index (κ3) is 2.57. The number of hydrogen-bond donors (Lipinski definition) is 1. The molecule has 0 aliphatic rings. The summed E-state index contributed by atoms with van der Waals surface area (Å²) in [5, 5.41) is 13.7. The Bertz CT molecular complexity index is 800. The third-order valence-corrected chi connectivity index (χ3v) is 3.62. The van der Waals surface area contributed by atoms with Gasteiger partial charge < -0.3 is 5.11 Å². The van der Waals surface area contributed by atoms with Crippen molar-refractivity contribution < 1.29 is 9.90 Å². The first-order chi connectivity index (χ1) is 10.2. The van der Waals surface area contributed by atoms with Crippen LogP contribution in [0.4, 0.5) is 0 Å². The number of benzene rings is 1. The van der Waals surface area contributed by atoms with Gasteiger partial charge in [-0.05, 0) is 40.2 Å². The number of aromatic nitrogens is 3. The first-order valence-electron chi connectivity index (χ1n) is 6.16. The number of nitrogens with zero attached hydrogens (tertiary/aromatic N) is 3. The molecule has 5 nitrogen and oxygen atoms in total.